The molecule has 1 saturated heterocycles. The number of hydrogen-bond acceptors (Lipinski definition) is 8. The Labute approximate surface area is 257 Å². The van der Waals surface area contributed by atoms with Gasteiger partial charge in [-0.1, -0.05) is 23.7 Å². The van der Waals surface area contributed by atoms with Crippen LogP contribution in [-0.2, 0) is 6.54 Å². The minimum atomic E-state index is -2.81. The van der Waals surface area contributed by atoms with E-state index in [1.165, 1.54) is 34.0 Å². The Morgan fingerprint density at radius 2 is 1.93 bits per heavy atom. The number of carbonyl (C=O) groups is 1. The van der Waals surface area contributed by atoms with Crippen LogP contribution in [0.25, 0.3) is 0 Å². The first kappa shape index (κ1) is 29.2. The molecule has 0 atom stereocenters. The van der Waals surface area contributed by atoms with Crippen molar-refractivity contribution >= 4 is 57.9 Å². The van der Waals surface area contributed by atoms with E-state index in [1.54, 1.807) is 18.3 Å². The van der Waals surface area contributed by atoms with E-state index in [2.05, 4.69) is 39.4 Å². The molecule has 6 rings (SSSR count). The van der Waals surface area contributed by atoms with Crippen molar-refractivity contribution < 1.29 is 18.3 Å². The maximum Gasteiger partial charge on any atom is 0.336 e. The molecule has 2 aliphatic heterocycles. The summed E-state index contributed by atoms with van der Waals surface area (Å²) in [6.07, 6.45) is 2.51. The van der Waals surface area contributed by atoms with Crippen molar-refractivity contribution in [2.45, 2.75) is 38.7 Å². The van der Waals surface area contributed by atoms with Crippen LogP contribution in [0, 0.1) is 6.92 Å². The second-order valence-electron chi connectivity index (χ2n) is 10.7. The molecule has 0 unspecified atom stereocenters. The number of amides is 2. The fourth-order valence-corrected chi connectivity index (χ4v) is 6.65. The van der Waals surface area contributed by atoms with Crippen molar-refractivity contribution in [3.05, 3.63) is 74.7 Å². The number of ether oxygens (including phenoxy) is 1. The van der Waals surface area contributed by atoms with Crippen molar-refractivity contribution in [1.29, 1.82) is 0 Å². The van der Waals surface area contributed by atoms with Crippen molar-refractivity contribution in [3.63, 3.8) is 0 Å². The summed E-state index contributed by atoms with van der Waals surface area (Å²) in [5, 5.41) is 4.56. The van der Waals surface area contributed by atoms with Gasteiger partial charge in [0.15, 0.2) is 5.82 Å². The van der Waals surface area contributed by atoms with E-state index in [0.29, 0.717) is 23.0 Å². The van der Waals surface area contributed by atoms with Crippen molar-refractivity contribution in [2.24, 2.45) is 0 Å². The Balaban J connectivity index is 1.35. The molecule has 13 heteroatoms. The average molecular weight is 626 g/mol. The molecule has 1 aromatic carbocycles. The van der Waals surface area contributed by atoms with Gasteiger partial charge in [-0.15, -0.1) is 11.3 Å². The van der Waals surface area contributed by atoms with E-state index in [1.807, 2.05) is 13.0 Å². The Hall–Kier alpha value is -3.87. The zero-order valence-corrected chi connectivity index (χ0v) is 25.4. The molecule has 0 radical (unpaired) electrons. The summed E-state index contributed by atoms with van der Waals surface area (Å²) < 4.78 is 33.1. The number of carbonyl (C=O) groups excluding carboxylic acids is 1. The van der Waals surface area contributed by atoms with Gasteiger partial charge in [-0.2, -0.15) is 4.98 Å². The van der Waals surface area contributed by atoms with Crippen LogP contribution in [0.4, 0.5) is 42.5 Å². The number of nitrogens with one attached hydrogen (secondary N) is 1. The number of halogens is 3. The van der Waals surface area contributed by atoms with Crippen LogP contribution in [0.3, 0.4) is 0 Å². The number of rotatable bonds is 7. The molecule has 0 spiro atoms. The minimum Gasteiger partial charge on any atom is -0.495 e. The van der Waals surface area contributed by atoms with E-state index in [0.717, 1.165) is 48.5 Å². The van der Waals surface area contributed by atoms with Crippen LogP contribution >= 0.6 is 22.9 Å². The molecule has 5 heterocycles. The summed E-state index contributed by atoms with van der Waals surface area (Å²) in [7, 11) is 3.67. The number of methoxy groups -OCH3 is 1. The van der Waals surface area contributed by atoms with Crippen LogP contribution in [0.1, 0.15) is 47.4 Å². The third-order valence-corrected chi connectivity index (χ3v) is 9.15. The molecule has 1 N–H and O–H groups in total. The van der Waals surface area contributed by atoms with E-state index in [9.17, 15) is 13.6 Å². The van der Waals surface area contributed by atoms with Gasteiger partial charge < -0.3 is 15.0 Å². The van der Waals surface area contributed by atoms with E-state index in [4.69, 9.17) is 21.3 Å². The molecule has 9 nitrogen and oxygen atoms in total. The second-order valence-corrected chi connectivity index (χ2v) is 12.2. The van der Waals surface area contributed by atoms with Gasteiger partial charge in [-0.25, -0.2) is 28.4 Å². The number of anilines is 5. The summed E-state index contributed by atoms with van der Waals surface area (Å²) in [6.45, 7) is 4.18. The Bertz CT molecular complexity index is 1640. The molecule has 224 valence electrons. The number of urea groups is 1. The lowest BCUT2D eigenvalue weighted by molar-refractivity contribution is 0.152. The predicted octanol–water partition coefficient (Wildman–Crippen LogP) is 7.67. The van der Waals surface area contributed by atoms with Gasteiger partial charge in [0.25, 0.3) is 6.43 Å². The first-order valence-electron chi connectivity index (χ1n) is 13.8. The molecule has 0 saturated carbocycles. The highest BCUT2D eigenvalue weighted by molar-refractivity contribution is 7.15. The Morgan fingerprint density at radius 1 is 1.14 bits per heavy atom. The predicted molar refractivity (Wildman–Crippen MR) is 165 cm³/mol. The van der Waals surface area contributed by atoms with Crippen LogP contribution in [-0.4, -0.2) is 53.1 Å². The third-order valence-electron chi connectivity index (χ3n) is 7.93. The van der Waals surface area contributed by atoms with Crippen LogP contribution < -0.4 is 19.9 Å². The number of nitrogens with zero attached hydrogens (tertiary/aromatic N) is 6. The smallest absolute Gasteiger partial charge is 0.336 e. The fraction of sp³-hybridized carbons (Fsp3) is 0.333. The number of hydrogen-bond donors (Lipinski definition) is 1. The summed E-state index contributed by atoms with van der Waals surface area (Å²) in [4.78, 5) is 32.5. The summed E-state index contributed by atoms with van der Waals surface area (Å²) in [5.41, 5.74) is 3.42. The SMILES string of the molecule is COc1ccc(N2C(=O)N(c3c(C(F)F)csc3Cl)Cc3cnc(Nc4ccc(C5CCN(C)CC5)cc4C)nc32)nc1. The standard InChI is InChI=1S/C30H30ClF2N7O2S/c1-17-12-19(18-8-10-38(2)11-9-18)4-6-23(17)36-29-35-13-20-15-39(25-22(27(32)33)16-43-26(25)31)30(41)40(28(20)37-29)24-7-5-21(42-3)14-34-24/h4-7,12-14,16,18,27H,8-11,15H2,1-3H3,(H,35,36,37). The molecular formula is C30H30ClF2N7O2S. The van der Waals surface area contributed by atoms with Crippen molar-refractivity contribution in [1.82, 2.24) is 19.9 Å². The first-order valence-corrected chi connectivity index (χ1v) is 15.1. The van der Waals surface area contributed by atoms with Gasteiger partial charge in [0, 0.05) is 22.8 Å². The Kier molecular flexibility index (Phi) is 8.17. The summed E-state index contributed by atoms with van der Waals surface area (Å²) in [5.74, 6) is 1.85. The van der Waals surface area contributed by atoms with Crippen molar-refractivity contribution in [3.8, 4) is 5.75 Å². The highest BCUT2D eigenvalue weighted by Gasteiger charge is 2.38. The van der Waals surface area contributed by atoms with Gasteiger partial charge in [0.2, 0.25) is 5.95 Å². The second kappa shape index (κ2) is 12.0. The minimum absolute atomic E-state index is 0.0293. The topological polar surface area (TPSA) is 86.7 Å². The number of pyridine rings is 1. The van der Waals surface area contributed by atoms with Crippen molar-refractivity contribution in [2.75, 3.05) is 42.4 Å². The van der Waals surface area contributed by atoms with Crippen LogP contribution in [0.2, 0.25) is 4.34 Å². The van der Waals surface area contributed by atoms with E-state index < -0.39 is 12.5 Å². The number of piperidine rings is 1. The van der Waals surface area contributed by atoms with Gasteiger partial charge >= 0.3 is 6.03 Å². The number of thiophene rings is 1. The molecule has 1 fully saturated rings. The number of likely N-dealkylation sites (tertiary alicyclic amines) is 1. The third kappa shape index (κ3) is 5.74. The maximum absolute atomic E-state index is 14.0. The lowest BCUT2D eigenvalue weighted by atomic mass is 9.88. The lowest BCUT2D eigenvalue weighted by Crippen LogP contribution is -2.46. The fourth-order valence-electron chi connectivity index (χ4n) is 5.52. The number of aryl methyl sites for hydroxylation is 1. The monoisotopic (exact) mass is 625 g/mol. The zero-order valence-electron chi connectivity index (χ0n) is 23.9. The molecular weight excluding hydrogens is 596 g/mol. The highest BCUT2D eigenvalue weighted by atomic mass is 35.5. The lowest BCUT2D eigenvalue weighted by Gasteiger charge is -2.35. The molecule has 43 heavy (non-hydrogen) atoms. The molecule has 4 aromatic rings. The average Bonchev–Trinajstić information content (AvgIpc) is 3.40. The van der Waals surface area contributed by atoms with E-state index in [-0.39, 0.29) is 33.9 Å². The Morgan fingerprint density at radius 3 is 2.60 bits per heavy atom. The largest absolute Gasteiger partial charge is 0.495 e. The van der Waals surface area contributed by atoms with Gasteiger partial charge in [0.05, 0.1) is 31.1 Å². The maximum atomic E-state index is 14.0. The number of aromatic nitrogens is 3. The van der Waals surface area contributed by atoms with Gasteiger partial charge in [-0.3, -0.25) is 4.90 Å². The first-order chi connectivity index (χ1) is 20.7. The molecule has 2 amide bonds. The molecule has 2 aliphatic rings. The summed E-state index contributed by atoms with van der Waals surface area (Å²) >= 11 is 7.29. The van der Waals surface area contributed by atoms with Gasteiger partial charge in [-0.05, 0) is 75.1 Å². The number of alkyl halides is 2. The quantitative estimate of drug-likeness (QED) is 0.225. The number of fused-ring (bicyclic) bond motifs is 1. The van der Waals surface area contributed by atoms with Gasteiger partial charge in [0.1, 0.15) is 15.9 Å². The molecule has 3 aromatic heterocycles. The zero-order chi connectivity index (χ0) is 30.2. The van der Waals surface area contributed by atoms with Crippen LogP contribution in [0.5, 0.6) is 5.75 Å². The normalized spacial score (nSPS) is 16.1. The summed E-state index contributed by atoms with van der Waals surface area (Å²) in [6, 6.07) is 9.03. The number of benzene rings is 1. The molecule has 0 bridgehead atoms. The van der Waals surface area contributed by atoms with E-state index >= 15 is 0 Å². The highest BCUT2D eigenvalue weighted by Crippen LogP contribution is 2.45. The van der Waals surface area contributed by atoms with Crippen LogP contribution in [0.15, 0.2) is 48.1 Å². The molecule has 0 aliphatic carbocycles.